The highest BCUT2D eigenvalue weighted by molar-refractivity contribution is 5.86. The van der Waals surface area contributed by atoms with Gasteiger partial charge in [-0.1, -0.05) is 61.9 Å². The van der Waals surface area contributed by atoms with Crippen molar-refractivity contribution in [3.63, 3.8) is 0 Å². The molecule has 1 saturated carbocycles. The van der Waals surface area contributed by atoms with E-state index in [4.69, 9.17) is 4.74 Å². The van der Waals surface area contributed by atoms with Gasteiger partial charge in [-0.2, -0.15) is 0 Å². The first-order valence-electron chi connectivity index (χ1n) is 11.1. The fourth-order valence-corrected chi connectivity index (χ4v) is 4.48. The van der Waals surface area contributed by atoms with Crippen LogP contribution < -0.4 is 10.6 Å². The predicted molar refractivity (Wildman–Crippen MR) is 119 cm³/mol. The fraction of sp³-hybridized carbons (Fsp3) is 0.400. The lowest BCUT2D eigenvalue weighted by atomic mass is 9.98. The van der Waals surface area contributed by atoms with E-state index < -0.39 is 18.1 Å². The van der Waals surface area contributed by atoms with Gasteiger partial charge in [0.15, 0.2) is 0 Å². The van der Waals surface area contributed by atoms with Crippen molar-refractivity contribution in [2.75, 3.05) is 13.2 Å². The summed E-state index contributed by atoms with van der Waals surface area (Å²) in [7, 11) is 0. The number of nitrogens with one attached hydrogen (secondary N) is 2. The molecule has 2 aliphatic carbocycles. The predicted octanol–water partition coefficient (Wildman–Crippen LogP) is 3.53. The highest BCUT2D eigenvalue weighted by Crippen LogP contribution is 2.44. The molecule has 7 nitrogen and oxygen atoms in total. The van der Waals surface area contributed by atoms with Crippen molar-refractivity contribution in [2.45, 2.75) is 38.1 Å². The van der Waals surface area contributed by atoms with Crippen LogP contribution in [-0.4, -0.2) is 42.3 Å². The van der Waals surface area contributed by atoms with Crippen LogP contribution in [0.5, 0.6) is 0 Å². The first kappa shape index (κ1) is 21.9. The fourth-order valence-electron chi connectivity index (χ4n) is 4.48. The third kappa shape index (κ3) is 4.61. The summed E-state index contributed by atoms with van der Waals surface area (Å²) < 4.78 is 5.51. The molecule has 0 aromatic heterocycles. The third-order valence-corrected chi connectivity index (χ3v) is 6.30. The van der Waals surface area contributed by atoms with Gasteiger partial charge in [-0.3, -0.25) is 4.79 Å². The molecule has 0 spiro atoms. The summed E-state index contributed by atoms with van der Waals surface area (Å²) in [6, 6.07) is 15.4. The highest BCUT2D eigenvalue weighted by atomic mass is 16.5. The number of fused-ring (bicyclic) bond motifs is 3. The van der Waals surface area contributed by atoms with Crippen LogP contribution in [0.25, 0.3) is 11.1 Å². The van der Waals surface area contributed by atoms with E-state index in [-0.39, 0.29) is 30.3 Å². The third-order valence-electron chi connectivity index (χ3n) is 6.30. The lowest BCUT2D eigenvalue weighted by Crippen LogP contribution is -2.42. The van der Waals surface area contributed by atoms with Gasteiger partial charge in [0.2, 0.25) is 5.91 Å². The summed E-state index contributed by atoms with van der Waals surface area (Å²) in [4.78, 5) is 35.7. The number of hydrogen-bond donors (Lipinski definition) is 3. The molecule has 2 aliphatic rings. The van der Waals surface area contributed by atoms with Crippen molar-refractivity contribution >= 4 is 18.0 Å². The Labute approximate surface area is 187 Å². The maximum atomic E-state index is 12.3. The number of hydrogen-bond acceptors (Lipinski definition) is 4. The van der Waals surface area contributed by atoms with Crippen LogP contribution in [0, 0.1) is 11.8 Å². The lowest BCUT2D eigenvalue weighted by Gasteiger charge is -2.15. The van der Waals surface area contributed by atoms with Crippen molar-refractivity contribution < 1.29 is 24.2 Å². The van der Waals surface area contributed by atoms with Gasteiger partial charge in [-0.15, -0.1) is 0 Å². The van der Waals surface area contributed by atoms with Gasteiger partial charge >= 0.3 is 12.1 Å². The van der Waals surface area contributed by atoms with Crippen molar-refractivity contribution in [1.29, 1.82) is 0 Å². The standard InChI is InChI=1S/C25H28N2O5/c1-2-7-22(24(29)30)27-23(28)20-12-15(20)13-26-25(31)32-14-21-18-10-5-3-8-16(18)17-9-4-6-11-19(17)21/h3-6,8-11,15,20-22H,2,7,12-14H2,1H3,(H,26,31)(H,27,28)(H,29,30)/t15-,20-,22-/m0/s1. The molecule has 4 rings (SSSR count). The molecule has 2 amide bonds. The van der Waals surface area contributed by atoms with Crippen LogP contribution in [0.15, 0.2) is 48.5 Å². The molecule has 0 radical (unpaired) electrons. The summed E-state index contributed by atoms with van der Waals surface area (Å²) in [6.45, 7) is 2.45. The van der Waals surface area contributed by atoms with E-state index in [0.29, 0.717) is 25.8 Å². The Morgan fingerprint density at radius 3 is 2.28 bits per heavy atom. The van der Waals surface area contributed by atoms with Crippen molar-refractivity contribution in [3.8, 4) is 11.1 Å². The van der Waals surface area contributed by atoms with E-state index in [1.807, 2.05) is 31.2 Å². The minimum atomic E-state index is -1.02. The zero-order valence-corrected chi connectivity index (χ0v) is 18.0. The molecule has 2 aromatic carbocycles. The molecule has 0 heterocycles. The first-order chi connectivity index (χ1) is 15.5. The molecule has 0 bridgehead atoms. The first-order valence-corrected chi connectivity index (χ1v) is 11.1. The molecule has 3 N–H and O–H groups in total. The number of amides is 2. The molecule has 3 atom stereocenters. The second kappa shape index (κ2) is 9.42. The molecule has 0 saturated heterocycles. The number of carboxylic acid groups (broad SMARTS) is 1. The Morgan fingerprint density at radius 1 is 1.06 bits per heavy atom. The van der Waals surface area contributed by atoms with Gasteiger partial charge in [0.25, 0.3) is 0 Å². The van der Waals surface area contributed by atoms with Crippen LogP contribution in [0.4, 0.5) is 4.79 Å². The zero-order valence-electron chi connectivity index (χ0n) is 18.0. The molecule has 2 aromatic rings. The molecule has 32 heavy (non-hydrogen) atoms. The normalized spacial score (nSPS) is 19.4. The molecule has 0 aliphatic heterocycles. The minimum absolute atomic E-state index is 0.000816. The Morgan fingerprint density at radius 2 is 1.69 bits per heavy atom. The van der Waals surface area contributed by atoms with Gasteiger partial charge in [0.1, 0.15) is 12.6 Å². The second-order valence-corrected chi connectivity index (χ2v) is 8.50. The van der Waals surface area contributed by atoms with Gasteiger partial charge in [-0.05, 0) is 41.0 Å². The van der Waals surface area contributed by atoms with Gasteiger partial charge in [0.05, 0.1) is 0 Å². The van der Waals surface area contributed by atoms with Gasteiger partial charge in [-0.25, -0.2) is 9.59 Å². The van der Waals surface area contributed by atoms with Crippen molar-refractivity contribution in [2.24, 2.45) is 11.8 Å². The number of carbonyl (C=O) groups excluding carboxylic acids is 2. The van der Waals surface area contributed by atoms with E-state index in [1.165, 1.54) is 11.1 Å². The number of aliphatic carboxylic acids is 1. The van der Waals surface area contributed by atoms with E-state index in [9.17, 15) is 19.5 Å². The number of alkyl carbamates (subject to hydrolysis) is 1. The largest absolute Gasteiger partial charge is 0.480 e. The Balaban J connectivity index is 1.25. The minimum Gasteiger partial charge on any atom is -0.480 e. The summed E-state index contributed by atoms with van der Waals surface area (Å²) in [6.07, 6.45) is 1.20. The number of rotatable bonds is 9. The maximum Gasteiger partial charge on any atom is 0.407 e. The quantitative estimate of drug-likeness (QED) is 0.558. The highest BCUT2D eigenvalue weighted by Gasteiger charge is 2.44. The summed E-state index contributed by atoms with van der Waals surface area (Å²) in [5.41, 5.74) is 4.65. The smallest absolute Gasteiger partial charge is 0.407 e. The van der Waals surface area contributed by atoms with Gasteiger partial charge < -0.3 is 20.5 Å². The monoisotopic (exact) mass is 436 g/mol. The molecule has 168 valence electrons. The second-order valence-electron chi connectivity index (χ2n) is 8.50. The summed E-state index contributed by atoms with van der Waals surface area (Å²) in [5, 5.41) is 14.5. The van der Waals surface area contributed by atoms with Crippen LogP contribution >= 0.6 is 0 Å². The molecule has 7 heteroatoms. The number of benzene rings is 2. The Bertz CT molecular complexity index is 975. The van der Waals surface area contributed by atoms with E-state index in [2.05, 4.69) is 34.9 Å². The molecular formula is C25H28N2O5. The SMILES string of the molecule is CCC[C@H](NC(=O)[C@H]1C[C@H]1CNC(=O)OCC1c2ccccc2-c2ccccc21)C(=O)O. The van der Waals surface area contributed by atoms with Gasteiger partial charge in [0, 0.05) is 18.4 Å². The van der Waals surface area contributed by atoms with E-state index in [0.717, 1.165) is 11.1 Å². The number of ether oxygens (including phenoxy) is 1. The van der Waals surface area contributed by atoms with Crippen LogP contribution in [0.2, 0.25) is 0 Å². The van der Waals surface area contributed by atoms with Crippen LogP contribution in [-0.2, 0) is 14.3 Å². The van der Waals surface area contributed by atoms with Crippen LogP contribution in [0.1, 0.15) is 43.2 Å². The number of carbonyl (C=O) groups is 3. The molecular weight excluding hydrogens is 408 g/mol. The van der Waals surface area contributed by atoms with E-state index in [1.54, 1.807) is 0 Å². The topological polar surface area (TPSA) is 105 Å². The maximum absolute atomic E-state index is 12.3. The van der Waals surface area contributed by atoms with Crippen molar-refractivity contribution in [1.82, 2.24) is 10.6 Å². The van der Waals surface area contributed by atoms with E-state index >= 15 is 0 Å². The summed E-state index contributed by atoms with van der Waals surface area (Å²) in [5.74, 6) is -1.53. The average molecular weight is 437 g/mol. The zero-order chi connectivity index (χ0) is 22.7. The summed E-state index contributed by atoms with van der Waals surface area (Å²) >= 11 is 0. The molecule has 1 fully saturated rings. The molecule has 0 unspecified atom stereocenters. The number of carboxylic acids is 1. The Kier molecular flexibility index (Phi) is 6.44. The lowest BCUT2D eigenvalue weighted by molar-refractivity contribution is -0.142. The van der Waals surface area contributed by atoms with Crippen LogP contribution in [0.3, 0.4) is 0 Å². The average Bonchev–Trinajstić information content (AvgIpc) is 3.51. The Hall–Kier alpha value is -3.35. The van der Waals surface area contributed by atoms with Crippen molar-refractivity contribution in [3.05, 3.63) is 59.7 Å².